The van der Waals surface area contributed by atoms with Gasteiger partial charge < -0.3 is 5.11 Å². The molecule has 0 aliphatic carbocycles. The Labute approximate surface area is 103 Å². The van der Waals surface area contributed by atoms with Gasteiger partial charge in [0, 0.05) is 17.3 Å². The molecule has 1 N–H and O–H groups in total. The fraction of sp³-hybridized carbons (Fsp3) is 0.364. The number of carboxylic acids is 1. The van der Waals surface area contributed by atoms with E-state index in [0.717, 1.165) is 0 Å². The summed E-state index contributed by atoms with van der Waals surface area (Å²) in [6.07, 6.45) is 1.66. The van der Waals surface area contributed by atoms with Crippen LogP contribution in [0.25, 0.3) is 5.65 Å². The van der Waals surface area contributed by atoms with Crippen molar-refractivity contribution in [1.29, 1.82) is 0 Å². The molecule has 2 heterocycles. The first kappa shape index (κ1) is 11.9. The zero-order chi connectivity index (χ0) is 12.6. The fourth-order valence-electron chi connectivity index (χ4n) is 1.70. The van der Waals surface area contributed by atoms with Crippen LogP contribution in [0.1, 0.15) is 25.6 Å². The molecule has 2 aromatic heterocycles. The molecular weight excluding hydrogens is 242 g/mol. The van der Waals surface area contributed by atoms with E-state index in [0.29, 0.717) is 16.5 Å². The van der Waals surface area contributed by atoms with Gasteiger partial charge in [0.25, 0.3) is 0 Å². The predicted molar refractivity (Wildman–Crippen MR) is 63.2 cm³/mol. The third kappa shape index (κ3) is 2.24. The minimum Gasteiger partial charge on any atom is -0.481 e. The number of pyridine rings is 1. The molecule has 1 unspecified atom stereocenters. The molecular formula is C11H12ClN3O2. The zero-order valence-corrected chi connectivity index (χ0v) is 10.2. The molecule has 6 heteroatoms. The lowest BCUT2D eigenvalue weighted by atomic mass is 9.95. The quantitative estimate of drug-likeness (QED) is 0.911. The third-order valence-electron chi connectivity index (χ3n) is 2.53. The highest BCUT2D eigenvalue weighted by Gasteiger charge is 2.27. The van der Waals surface area contributed by atoms with Crippen molar-refractivity contribution in [2.45, 2.75) is 19.8 Å². The van der Waals surface area contributed by atoms with Crippen LogP contribution in [0.15, 0.2) is 18.3 Å². The number of fused-ring (bicyclic) bond motifs is 1. The molecule has 0 saturated heterocycles. The topological polar surface area (TPSA) is 67.5 Å². The van der Waals surface area contributed by atoms with E-state index in [4.69, 9.17) is 16.7 Å². The van der Waals surface area contributed by atoms with Gasteiger partial charge in [0.05, 0.1) is 0 Å². The molecule has 1 atom stereocenters. The van der Waals surface area contributed by atoms with Crippen molar-refractivity contribution in [1.82, 2.24) is 14.6 Å². The Hall–Kier alpha value is -1.62. The van der Waals surface area contributed by atoms with Crippen LogP contribution in [-0.4, -0.2) is 25.7 Å². The second-order valence-electron chi connectivity index (χ2n) is 4.18. The van der Waals surface area contributed by atoms with E-state index in [2.05, 4.69) is 10.1 Å². The number of halogens is 1. The lowest BCUT2D eigenvalue weighted by Crippen LogP contribution is -2.19. The first-order chi connectivity index (χ1) is 7.99. The van der Waals surface area contributed by atoms with E-state index in [-0.39, 0.29) is 5.92 Å². The van der Waals surface area contributed by atoms with Gasteiger partial charge in [-0.15, -0.1) is 0 Å². The van der Waals surface area contributed by atoms with E-state index in [1.54, 1.807) is 18.3 Å². The van der Waals surface area contributed by atoms with Crippen molar-refractivity contribution in [3.63, 3.8) is 0 Å². The summed E-state index contributed by atoms with van der Waals surface area (Å²) in [6.45, 7) is 3.66. The summed E-state index contributed by atoms with van der Waals surface area (Å²) in [7, 11) is 0. The molecule has 0 amide bonds. The standard InChI is InChI=1S/C11H12ClN3O2/c1-6(2)9(11(16)17)10-13-8-5-7(12)3-4-15(8)14-10/h3-6,9H,1-2H3,(H,16,17). The minimum atomic E-state index is -0.915. The number of rotatable bonds is 3. The number of hydrogen-bond donors (Lipinski definition) is 1. The van der Waals surface area contributed by atoms with E-state index in [1.165, 1.54) is 4.52 Å². The van der Waals surface area contributed by atoms with E-state index in [9.17, 15) is 4.79 Å². The highest BCUT2D eigenvalue weighted by molar-refractivity contribution is 6.30. The lowest BCUT2D eigenvalue weighted by molar-refractivity contribution is -0.140. The second kappa shape index (κ2) is 4.33. The average molecular weight is 254 g/mol. The number of hydrogen-bond acceptors (Lipinski definition) is 3. The van der Waals surface area contributed by atoms with Crippen LogP contribution in [0.4, 0.5) is 0 Å². The molecule has 90 valence electrons. The van der Waals surface area contributed by atoms with Crippen LogP contribution in [0, 0.1) is 5.92 Å². The van der Waals surface area contributed by atoms with E-state index < -0.39 is 11.9 Å². The van der Waals surface area contributed by atoms with Gasteiger partial charge in [-0.25, -0.2) is 9.50 Å². The summed E-state index contributed by atoms with van der Waals surface area (Å²) in [6, 6.07) is 3.33. The van der Waals surface area contributed by atoms with Gasteiger partial charge in [0.15, 0.2) is 11.5 Å². The molecule has 5 nitrogen and oxygen atoms in total. The molecule has 0 bridgehead atoms. The molecule has 0 aliphatic heterocycles. The van der Waals surface area contributed by atoms with Crippen molar-refractivity contribution in [3.8, 4) is 0 Å². The van der Waals surface area contributed by atoms with Gasteiger partial charge in [0.1, 0.15) is 5.92 Å². The number of aromatic nitrogens is 3. The molecule has 0 spiro atoms. The van der Waals surface area contributed by atoms with Crippen molar-refractivity contribution in [3.05, 3.63) is 29.2 Å². The van der Waals surface area contributed by atoms with Crippen molar-refractivity contribution < 1.29 is 9.90 Å². The summed E-state index contributed by atoms with van der Waals surface area (Å²) in [4.78, 5) is 15.4. The van der Waals surface area contributed by atoms with Crippen LogP contribution in [0.5, 0.6) is 0 Å². The monoisotopic (exact) mass is 253 g/mol. The second-order valence-corrected chi connectivity index (χ2v) is 4.61. The summed E-state index contributed by atoms with van der Waals surface area (Å²) in [5, 5.41) is 13.9. The summed E-state index contributed by atoms with van der Waals surface area (Å²) in [5.74, 6) is -1.37. The lowest BCUT2D eigenvalue weighted by Gasteiger charge is -2.11. The minimum absolute atomic E-state index is 0.0691. The van der Waals surface area contributed by atoms with Gasteiger partial charge in [0.2, 0.25) is 0 Å². The number of nitrogens with zero attached hydrogens (tertiary/aromatic N) is 3. The average Bonchev–Trinajstić information content (AvgIpc) is 2.58. The van der Waals surface area contributed by atoms with Crippen molar-refractivity contribution in [2.24, 2.45) is 5.92 Å². The smallest absolute Gasteiger partial charge is 0.314 e. The zero-order valence-electron chi connectivity index (χ0n) is 9.46. The Balaban J connectivity index is 2.51. The summed E-state index contributed by atoms with van der Waals surface area (Å²) >= 11 is 5.84. The molecule has 0 aromatic carbocycles. The number of aliphatic carboxylic acids is 1. The van der Waals surface area contributed by atoms with Crippen LogP contribution in [0.2, 0.25) is 5.02 Å². The number of carbonyl (C=O) groups is 1. The van der Waals surface area contributed by atoms with Gasteiger partial charge in [-0.3, -0.25) is 4.79 Å². The van der Waals surface area contributed by atoms with Crippen molar-refractivity contribution >= 4 is 23.2 Å². The normalized spacial score (nSPS) is 13.2. The molecule has 0 fully saturated rings. The largest absolute Gasteiger partial charge is 0.481 e. The highest BCUT2D eigenvalue weighted by atomic mass is 35.5. The van der Waals surface area contributed by atoms with E-state index >= 15 is 0 Å². The van der Waals surface area contributed by atoms with Crippen molar-refractivity contribution in [2.75, 3.05) is 0 Å². The predicted octanol–water partition coefficient (Wildman–Crippen LogP) is 2.21. The van der Waals surface area contributed by atoms with Gasteiger partial charge in [-0.2, -0.15) is 5.10 Å². The first-order valence-electron chi connectivity index (χ1n) is 5.23. The molecule has 2 aromatic rings. The van der Waals surface area contributed by atoms with Crippen LogP contribution < -0.4 is 0 Å². The molecule has 17 heavy (non-hydrogen) atoms. The fourth-order valence-corrected chi connectivity index (χ4v) is 1.85. The third-order valence-corrected chi connectivity index (χ3v) is 2.76. The van der Waals surface area contributed by atoms with Crippen LogP contribution >= 0.6 is 11.6 Å². The Morgan fingerprint density at radius 3 is 2.82 bits per heavy atom. The van der Waals surface area contributed by atoms with Gasteiger partial charge in [-0.05, 0) is 12.0 Å². The molecule has 0 radical (unpaired) electrons. The molecule has 0 aliphatic rings. The Morgan fingerprint density at radius 2 is 2.24 bits per heavy atom. The van der Waals surface area contributed by atoms with Gasteiger partial charge in [-0.1, -0.05) is 25.4 Å². The number of carboxylic acid groups (broad SMARTS) is 1. The summed E-state index contributed by atoms with van der Waals surface area (Å²) in [5.41, 5.74) is 0.555. The Bertz CT molecular complexity index is 565. The van der Waals surface area contributed by atoms with Crippen LogP contribution in [0.3, 0.4) is 0 Å². The maximum atomic E-state index is 11.2. The van der Waals surface area contributed by atoms with Crippen LogP contribution in [-0.2, 0) is 4.79 Å². The van der Waals surface area contributed by atoms with Gasteiger partial charge >= 0.3 is 5.97 Å². The summed E-state index contributed by atoms with van der Waals surface area (Å²) < 4.78 is 1.53. The molecule has 2 rings (SSSR count). The Morgan fingerprint density at radius 1 is 1.53 bits per heavy atom. The maximum Gasteiger partial charge on any atom is 0.314 e. The first-order valence-corrected chi connectivity index (χ1v) is 5.61. The molecule has 0 saturated carbocycles. The highest BCUT2D eigenvalue weighted by Crippen LogP contribution is 2.22. The van der Waals surface area contributed by atoms with E-state index in [1.807, 2.05) is 13.8 Å². The SMILES string of the molecule is CC(C)C(C(=O)O)c1nc2cc(Cl)ccn2n1. The maximum absolute atomic E-state index is 11.2. The Kier molecular flexibility index (Phi) is 3.02.